The van der Waals surface area contributed by atoms with Crippen LogP contribution in [-0.4, -0.2) is 33.3 Å². The van der Waals surface area contributed by atoms with E-state index in [-0.39, 0.29) is 0 Å². The molecule has 122 valence electrons. The number of aliphatic imine (C=N–C) groups is 1. The Bertz CT molecular complexity index is 903. The van der Waals surface area contributed by atoms with E-state index in [4.69, 9.17) is 4.99 Å². The summed E-state index contributed by atoms with van der Waals surface area (Å²) in [4.78, 5) is 9.36. The second-order valence-electron chi connectivity index (χ2n) is 6.89. The standard InChI is InChI=1S/C19H20N4S/c1-12-9-16(15-5-6-18-17(10-15)20-11-24-18)21-19-7-8-22(23(12)19)13(2)14-3-4-14/h5-7,9-11,13-14H,3-4,8H2,1-2H3/t13-/m0/s1. The minimum absolute atomic E-state index is 0.588. The number of fused-ring (bicyclic) bond motifs is 2. The molecule has 2 aliphatic heterocycles. The van der Waals surface area contributed by atoms with Crippen molar-refractivity contribution in [3.8, 4) is 0 Å². The molecule has 1 aliphatic carbocycles. The first-order valence-electron chi connectivity index (χ1n) is 8.58. The van der Waals surface area contributed by atoms with Crippen LogP contribution in [0.1, 0.15) is 32.3 Å². The van der Waals surface area contributed by atoms with E-state index in [1.54, 1.807) is 11.3 Å². The summed E-state index contributed by atoms with van der Waals surface area (Å²) in [6.45, 7) is 5.49. The molecule has 0 N–H and O–H groups in total. The number of nitrogens with zero attached hydrogens (tertiary/aromatic N) is 4. The van der Waals surface area contributed by atoms with Crippen LogP contribution in [0.2, 0.25) is 0 Å². The maximum atomic E-state index is 4.93. The fourth-order valence-electron chi connectivity index (χ4n) is 3.70. The molecule has 0 radical (unpaired) electrons. The normalized spacial score (nSPS) is 22.2. The fraction of sp³-hybridized carbons (Fsp3) is 0.368. The molecule has 1 saturated carbocycles. The number of hydrogen-bond donors (Lipinski definition) is 0. The molecule has 3 heterocycles. The van der Waals surface area contributed by atoms with Crippen molar-refractivity contribution in [1.29, 1.82) is 0 Å². The van der Waals surface area contributed by atoms with Gasteiger partial charge in [-0.25, -0.2) is 15.0 Å². The molecule has 0 amide bonds. The number of rotatable bonds is 3. The summed E-state index contributed by atoms with van der Waals surface area (Å²) in [5.74, 6) is 1.92. The van der Waals surface area contributed by atoms with Crippen LogP contribution < -0.4 is 0 Å². The highest BCUT2D eigenvalue weighted by atomic mass is 32.1. The molecule has 1 aromatic heterocycles. The summed E-state index contributed by atoms with van der Waals surface area (Å²) >= 11 is 1.68. The molecular weight excluding hydrogens is 316 g/mol. The Morgan fingerprint density at radius 2 is 2.17 bits per heavy atom. The van der Waals surface area contributed by atoms with Crippen molar-refractivity contribution in [1.82, 2.24) is 15.0 Å². The van der Waals surface area contributed by atoms with Crippen molar-refractivity contribution in [3.05, 3.63) is 52.9 Å². The molecule has 4 nitrogen and oxygen atoms in total. The van der Waals surface area contributed by atoms with Crippen LogP contribution in [0.4, 0.5) is 0 Å². The molecule has 1 fully saturated rings. The van der Waals surface area contributed by atoms with Gasteiger partial charge in [0.25, 0.3) is 0 Å². The van der Waals surface area contributed by atoms with Crippen LogP contribution in [-0.2, 0) is 0 Å². The van der Waals surface area contributed by atoms with Gasteiger partial charge in [0.05, 0.1) is 21.4 Å². The lowest BCUT2D eigenvalue weighted by Gasteiger charge is -2.37. The van der Waals surface area contributed by atoms with E-state index >= 15 is 0 Å². The third-order valence-corrected chi connectivity index (χ3v) is 6.06. The minimum Gasteiger partial charge on any atom is -0.261 e. The molecular formula is C19H20N4S. The maximum Gasteiger partial charge on any atom is 0.145 e. The molecule has 24 heavy (non-hydrogen) atoms. The van der Waals surface area contributed by atoms with Gasteiger partial charge >= 0.3 is 0 Å². The van der Waals surface area contributed by atoms with Crippen LogP contribution in [0.25, 0.3) is 10.2 Å². The molecule has 5 heteroatoms. The Balaban J connectivity index is 1.48. The van der Waals surface area contributed by atoms with Gasteiger partial charge in [-0.05, 0) is 56.9 Å². The van der Waals surface area contributed by atoms with E-state index in [2.05, 4.69) is 59.2 Å². The second kappa shape index (κ2) is 5.26. The summed E-state index contributed by atoms with van der Waals surface area (Å²) in [6, 6.07) is 7.03. The molecule has 0 bridgehead atoms. The fourth-order valence-corrected chi connectivity index (χ4v) is 4.36. The first-order chi connectivity index (χ1) is 11.7. The Hall–Kier alpha value is -1.98. The van der Waals surface area contributed by atoms with Crippen LogP contribution in [0.3, 0.4) is 0 Å². The molecule has 5 rings (SSSR count). The zero-order chi connectivity index (χ0) is 16.3. The first kappa shape index (κ1) is 14.4. The predicted molar refractivity (Wildman–Crippen MR) is 98.7 cm³/mol. The number of benzene rings is 1. The highest BCUT2D eigenvalue weighted by molar-refractivity contribution is 7.16. The Kier molecular flexibility index (Phi) is 3.15. The summed E-state index contributed by atoms with van der Waals surface area (Å²) in [7, 11) is 0. The van der Waals surface area contributed by atoms with Gasteiger partial charge in [0.15, 0.2) is 0 Å². The molecule has 2 aromatic rings. The van der Waals surface area contributed by atoms with Gasteiger partial charge in [-0.2, -0.15) is 0 Å². The van der Waals surface area contributed by atoms with Crippen molar-refractivity contribution in [3.63, 3.8) is 0 Å². The molecule has 3 aliphatic rings. The lowest BCUT2D eigenvalue weighted by molar-refractivity contribution is 0.0236. The number of allylic oxidation sites excluding steroid dienone is 2. The SMILES string of the molecule is CC1=CC(c2ccc3scnc3c2)=NC2=CCN([C@@H](C)C3CC3)N12. The van der Waals surface area contributed by atoms with Gasteiger partial charge in [-0.15, -0.1) is 11.3 Å². The highest BCUT2D eigenvalue weighted by Gasteiger charge is 2.38. The topological polar surface area (TPSA) is 31.7 Å². The quantitative estimate of drug-likeness (QED) is 0.843. The van der Waals surface area contributed by atoms with Crippen molar-refractivity contribution in [2.24, 2.45) is 10.9 Å². The van der Waals surface area contributed by atoms with Crippen LogP contribution >= 0.6 is 11.3 Å². The number of aromatic nitrogens is 1. The zero-order valence-electron chi connectivity index (χ0n) is 13.9. The molecule has 0 unspecified atom stereocenters. The second-order valence-corrected chi connectivity index (χ2v) is 7.78. The van der Waals surface area contributed by atoms with Gasteiger partial charge in [0.1, 0.15) is 5.82 Å². The van der Waals surface area contributed by atoms with Gasteiger partial charge < -0.3 is 0 Å². The monoisotopic (exact) mass is 336 g/mol. The summed E-state index contributed by atoms with van der Waals surface area (Å²) < 4.78 is 1.22. The summed E-state index contributed by atoms with van der Waals surface area (Å²) in [5, 5.41) is 4.76. The van der Waals surface area contributed by atoms with E-state index in [0.717, 1.165) is 35.1 Å². The predicted octanol–water partition coefficient (Wildman–Crippen LogP) is 4.18. The molecule has 0 saturated heterocycles. The average Bonchev–Trinajstić information content (AvgIpc) is 3.17. The molecule has 1 atom stereocenters. The van der Waals surface area contributed by atoms with Crippen molar-refractivity contribution in [2.75, 3.05) is 6.54 Å². The van der Waals surface area contributed by atoms with E-state index in [9.17, 15) is 0 Å². The van der Waals surface area contributed by atoms with E-state index in [1.165, 1.54) is 23.2 Å². The number of hydrazine groups is 1. The highest BCUT2D eigenvalue weighted by Crippen LogP contribution is 2.39. The molecule has 1 aromatic carbocycles. The van der Waals surface area contributed by atoms with Crippen LogP contribution in [0, 0.1) is 5.92 Å². The summed E-state index contributed by atoms with van der Waals surface area (Å²) in [5.41, 5.74) is 6.37. The Morgan fingerprint density at radius 3 is 3.00 bits per heavy atom. The van der Waals surface area contributed by atoms with E-state index < -0.39 is 0 Å². The van der Waals surface area contributed by atoms with Crippen molar-refractivity contribution in [2.45, 2.75) is 32.7 Å². The smallest absolute Gasteiger partial charge is 0.145 e. The van der Waals surface area contributed by atoms with Gasteiger partial charge in [0.2, 0.25) is 0 Å². The third kappa shape index (κ3) is 2.23. The Labute approximate surface area is 145 Å². The van der Waals surface area contributed by atoms with Crippen molar-refractivity contribution < 1.29 is 0 Å². The molecule has 0 spiro atoms. The minimum atomic E-state index is 0.588. The Morgan fingerprint density at radius 1 is 1.29 bits per heavy atom. The third-order valence-electron chi connectivity index (χ3n) is 5.25. The van der Waals surface area contributed by atoms with Gasteiger partial charge in [-0.1, -0.05) is 6.07 Å². The summed E-state index contributed by atoms with van der Waals surface area (Å²) in [6.07, 6.45) is 7.18. The van der Waals surface area contributed by atoms with E-state index in [1.807, 2.05) is 5.51 Å². The lowest BCUT2D eigenvalue weighted by Crippen LogP contribution is -2.44. The lowest BCUT2D eigenvalue weighted by atomic mass is 10.1. The van der Waals surface area contributed by atoms with Crippen LogP contribution in [0.15, 0.2) is 52.4 Å². The average molecular weight is 336 g/mol. The maximum absolute atomic E-state index is 4.93. The van der Waals surface area contributed by atoms with Crippen molar-refractivity contribution >= 4 is 27.3 Å². The zero-order valence-corrected chi connectivity index (χ0v) is 14.8. The van der Waals surface area contributed by atoms with Crippen LogP contribution in [0.5, 0.6) is 0 Å². The van der Waals surface area contributed by atoms with Gasteiger partial charge in [0, 0.05) is 23.8 Å². The number of thiazole rings is 1. The van der Waals surface area contributed by atoms with E-state index in [0.29, 0.717) is 6.04 Å². The number of hydrogen-bond acceptors (Lipinski definition) is 5. The van der Waals surface area contributed by atoms with Gasteiger partial charge in [-0.3, -0.25) is 5.01 Å². The largest absolute Gasteiger partial charge is 0.261 e. The first-order valence-corrected chi connectivity index (χ1v) is 9.46.